The largest absolute Gasteiger partial charge is 0.497 e. The lowest BCUT2D eigenvalue weighted by Gasteiger charge is -2.09. The maximum atomic E-state index is 12.5. The number of hydrogen-bond acceptors (Lipinski definition) is 5. The first-order chi connectivity index (χ1) is 13.0. The first-order valence-electron chi connectivity index (χ1n) is 8.50. The van der Waals surface area contributed by atoms with Gasteiger partial charge in [-0.2, -0.15) is 0 Å². The summed E-state index contributed by atoms with van der Waals surface area (Å²) < 4.78 is 5.10. The molecule has 1 atom stereocenters. The Bertz CT molecular complexity index is 863. The molecule has 0 spiro atoms. The summed E-state index contributed by atoms with van der Waals surface area (Å²) in [7, 11) is 3.27. The van der Waals surface area contributed by atoms with Gasteiger partial charge in [-0.15, -0.1) is 0 Å². The topological polar surface area (TPSA) is 71.0 Å². The van der Waals surface area contributed by atoms with Crippen LogP contribution in [0.4, 0.5) is 11.4 Å². The van der Waals surface area contributed by atoms with Crippen molar-refractivity contribution in [3.8, 4) is 5.75 Å². The van der Waals surface area contributed by atoms with Gasteiger partial charge in [0, 0.05) is 19.2 Å². The third kappa shape index (κ3) is 4.68. The molecule has 27 heavy (non-hydrogen) atoms. The fourth-order valence-corrected chi connectivity index (χ4v) is 3.74. The molecule has 2 amide bonds. The van der Waals surface area contributed by atoms with E-state index in [1.54, 1.807) is 38.4 Å². The SMILES string of the molecule is COc1ccc(NC(=O)CC2SC(=Nc3ccc(C)cc3)N(C)C2=O)cc1. The van der Waals surface area contributed by atoms with Crippen molar-refractivity contribution in [2.24, 2.45) is 4.99 Å². The molecule has 7 heteroatoms. The van der Waals surface area contributed by atoms with Crippen molar-refractivity contribution < 1.29 is 14.3 Å². The molecule has 0 aliphatic carbocycles. The van der Waals surface area contributed by atoms with Gasteiger partial charge in [0.25, 0.3) is 0 Å². The molecular formula is C20H21N3O3S. The fraction of sp³-hybridized carbons (Fsp3) is 0.250. The van der Waals surface area contributed by atoms with E-state index in [9.17, 15) is 9.59 Å². The van der Waals surface area contributed by atoms with Crippen LogP contribution >= 0.6 is 11.8 Å². The summed E-state index contributed by atoms with van der Waals surface area (Å²) >= 11 is 1.32. The summed E-state index contributed by atoms with van der Waals surface area (Å²) in [4.78, 5) is 30.8. The fourth-order valence-electron chi connectivity index (χ4n) is 2.58. The number of nitrogens with zero attached hydrogens (tertiary/aromatic N) is 2. The van der Waals surface area contributed by atoms with E-state index in [4.69, 9.17) is 4.74 Å². The Hall–Kier alpha value is -2.80. The van der Waals surface area contributed by atoms with Crippen LogP contribution in [-0.4, -0.2) is 41.3 Å². The number of amides is 2. The lowest BCUT2D eigenvalue weighted by Crippen LogP contribution is -2.30. The summed E-state index contributed by atoms with van der Waals surface area (Å²) in [6.07, 6.45) is 0.0901. The number of nitrogens with one attached hydrogen (secondary N) is 1. The van der Waals surface area contributed by atoms with Gasteiger partial charge in [-0.3, -0.25) is 14.5 Å². The van der Waals surface area contributed by atoms with Crippen LogP contribution < -0.4 is 10.1 Å². The summed E-state index contributed by atoms with van der Waals surface area (Å²) in [6, 6.07) is 14.8. The number of anilines is 1. The summed E-state index contributed by atoms with van der Waals surface area (Å²) in [5.41, 5.74) is 2.60. The number of carbonyl (C=O) groups excluding carboxylic acids is 2. The smallest absolute Gasteiger partial charge is 0.242 e. The van der Waals surface area contributed by atoms with Gasteiger partial charge in [0.15, 0.2) is 5.17 Å². The van der Waals surface area contributed by atoms with Gasteiger partial charge < -0.3 is 10.1 Å². The normalized spacial score (nSPS) is 18.0. The number of amidine groups is 1. The zero-order valence-electron chi connectivity index (χ0n) is 15.4. The van der Waals surface area contributed by atoms with Gasteiger partial charge >= 0.3 is 0 Å². The second kappa shape index (κ2) is 8.26. The average Bonchev–Trinajstić information content (AvgIpc) is 2.92. The third-order valence-electron chi connectivity index (χ3n) is 4.14. The predicted molar refractivity (Wildman–Crippen MR) is 109 cm³/mol. The Balaban J connectivity index is 1.63. The summed E-state index contributed by atoms with van der Waals surface area (Å²) in [5, 5.41) is 2.94. The zero-order chi connectivity index (χ0) is 19.4. The Morgan fingerprint density at radius 1 is 1.19 bits per heavy atom. The molecule has 2 aromatic carbocycles. The van der Waals surface area contributed by atoms with Gasteiger partial charge in [0.1, 0.15) is 11.0 Å². The lowest BCUT2D eigenvalue weighted by atomic mass is 10.2. The average molecular weight is 383 g/mol. The minimum absolute atomic E-state index is 0.0901. The Morgan fingerprint density at radius 3 is 2.48 bits per heavy atom. The van der Waals surface area contributed by atoms with E-state index in [0.717, 1.165) is 11.3 Å². The van der Waals surface area contributed by atoms with E-state index in [1.807, 2.05) is 31.2 Å². The Kier molecular flexibility index (Phi) is 5.81. The second-order valence-corrected chi connectivity index (χ2v) is 7.38. The molecule has 1 aliphatic heterocycles. The molecule has 0 radical (unpaired) electrons. The molecule has 2 aromatic rings. The molecule has 140 valence electrons. The molecule has 0 bridgehead atoms. The van der Waals surface area contributed by atoms with Crippen LogP contribution in [0.3, 0.4) is 0 Å². The number of aliphatic imine (C=N–C) groups is 1. The maximum absolute atomic E-state index is 12.5. The minimum atomic E-state index is -0.475. The highest BCUT2D eigenvalue weighted by atomic mass is 32.2. The van der Waals surface area contributed by atoms with Crippen molar-refractivity contribution in [2.75, 3.05) is 19.5 Å². The number of carbonyl (C=O) groups is 2. The molecular weight excluding hydrogens is 362 g/mol. The van der Waals surface area contributed by atoms with E-state index in [-0.39, 0.29) is 18.2 Å². The van der Waals surface area contributed by atoms with Crippen molar-refractivity contribution in [3.63, 3.8) is 0 Å². The molecule has 0 aromatic heterocycles. The van der Waals surface area contributed by atoms with E-state index >= 15 is 0 Å². The molecule has 1 aliphatic rings. The number of ether oxygens (including phenoxy) is 1. The Morgan fingerprint density at radius 2 is 1.85 bits per heavy atom. The monoisotopic (exact) mass is 383 g/mol. The van der Waals surface area contributed by atoms with Crippen LogP contribution in [0, 0.1) is 6.92 Å². The van der Waals surface area contributed by atoms with Crippen LogP contribution in [0.2, 0.25) is 0 Å². The Labute approximate surface area is 162 Å². The van der Waals surface area contributed by atoms with Gasteiger partial charge in [0.05, 0.1) is 12.8 Å². The highest BCUT2D eigenvalue weighted by Gasteiger charge is 2.36. The second-order valence-electron chi connectivity index (χ2n) is 6.21. The van der Waals surface area contributed by atoms with E-state index in [0.29, 0.717) is 16.6 Å². The molecule has 6 nitrogen and oxygen atoms in total. The van der Waals surface area contributed by atoms with Crippen LogP contribution in [0.15, 0.2) is 53.5 Å². The van der Waals surface area contributed by atoms with Crippen LogP contribution in [-0.2, 0) is 9.59 Å². The first-order valence-corrected chi connectivity index (χ1v) is 9.37. The highest BCUT2D eigenvalue weighted by Crippen LogP contribution is 2.31. The van der Waals surface area contributed by atoms with Gasteiger partial charge in [0.2, 0.25) is 11.8 Å². The number of thioether (sulfide) groups is 1. The van der Waals surface area contributed by atoms with E-state index in [2.05, 4.69) is 10.3 Å². The summed E-state index contributed by atoms with van der Waals surface area (Å²) in [6.45, 7) is 2.01. The first kappa shape index (κ1) is 19.0. The maximum Gasteiger partial charge on any atom is 0.242 e. The highest BCUT2D eigenvalue weighted by molar-refractivity contribution is 8.15. The van der Waals surface area contributed by atoms with E-state index < -0.39 is 5.25 Å². The number of benzene rings is 2. The van der Waals surface area contributed by atoms with Crippen molar-refractivity contribution in [1.82, 2.24) is 4.90 Å². The number of hydrogen-bond donors (Lipinski definition) is 1. The van der Waals surface area contributed by atoms with E-state index in [1.165, 1.54) is 16.7 Å². The third-order valence-corrected chi connectivity index (χ3v) is 5.37. The minimum Gasteiger partial charge on any atom is -0.497 e. The summed E-state index contributed by atoms with van der Waals surface area (Å²) in [5.74, 6) is 0.389. The molecule has 3 rings (SSSR count). The van der Waals surface area contributed by atoms with Crippen molar-refractivity contribution in [1.29, 1.82) is 0 Å². The van der Waals surface area contributed by atoms with Crippen molar-refractivity contribution in [2.45, 2.75) is 18.6 Å². The molecule has 1 N–H and O–H groups in total. The van der Waals surface area contributed by atoms with Crippen LogP contribution in [0.5, 0.6) is 5.75 Å². The van der Waals surface area contributed by atoms with Gasteiger partial charge in [-0.25, -0.2) is 4.99 Å². The molecule has 1 heterocycles. The number of aryl methyl sites for hydroxylation is 1. The van der Waals surface area contributed by atoms with Crippen LogP contribution in [0.25, 0.3) is 0 Å². The predicted octanol–water partition coefficient (Wildman–Crippen LogP) is 3.59. The number of rotatable bonds is 5. The number of methoxy groups -OCH3 is 1. The molecule has 0 saturated carbocycles. The molecule has 1 saturated heterocycles. The molecule has 1 unspecified atom stereocenters. The van der Waals surface area contributed by atoms with Crippen LogP contribution in [0.1, 0.15) is 12.0 Å². The van der Waals surface area contributed by atoms with Crippen molar-refractivity contribution >= 4 is 40.1 Å². The zero-order valence-corrected chi connectivity index (χ0v) is 16.2. The van der Waals surface area contributed by atoms with Crippen molar-refractivity contribution in [3.05, 3.63) is 54.1 Å². The lowest BCUT2D eigenvalue weighted by molar-refractivity contribution is -0.127. The standard InChI is InChI=1S/C20H21N3O3S/c1-13-4-6-15(7-5-13)22-20-23(2)19(25)17(27-20)12-18(24)21-14-8-10-16(26-3)11-9-14/h4-11,17H,12H2,1-3H3,(H,21,24). The van der Waals surface area contributed by atoms with Gasteiger partial charge in [-0.05, 0) is 43.3 Å². The molecule has 1 fully saturated rings. The quantitative estimate of drug-likeness (QED) is 0.856. The van der Waals surface area contributed by atoms with Gasteiger partial charge in [-0.1, -0.05) is 29.5 Å².